The molecule has 1 amide bonds. The van der Waals surface area contributed by atoms with E-state index in [4.69, 9.17) is 16.3 Å². The molecule has 1 aromatic carbocycles. The Kier molecular flexibility index (Phi) is 5.59. The van der Waals surface area contributed by atoms with Crippen LogP contribution in [-0.4, -0.2) is 62.2 Å². The molecule has 30 heavy (non-hydrogen) atoms. The Balaban J connectivity index is 1.34. The van der Waals surface area contributed by atoms with Crippen molar-refractivity contribution < 1.29 is 13.9 Å². The highest BCUT2D eigenvalue weighted by Crippen LogP contribution is 2.35. The van der Waals surface area contributed by atoms with Gasteiger partial charge in [-0.25, -0.2) is 4.98 Å². The molecule has 160 valence electrons. The number of likely N-dealkylation sites (N-methyl/N-ethyl adjacent to an activating group) is 1. The first-order chi connectivity index (χ1) is 14.2. The van der Waals surface area contributed by atoms with Crippen LogP contribution < -0.4 is 14.5 Å². The molecule has 0 bridgehead atoms. The molecule has 1 fully saturated rings. The summed E-state index contributed by atoms with van der Waals surface area (Å²) < 4.78 is 19.4. The summed E-state index contributed by atoms with van der Waals surface area (Å²) in [7, 11) is 1.96. The van der Waals surface area contributed by atoms with Crippen LogP contribution in [0.25, 0.3) is 0 Å². The molecule has 8 heteroatoms. The van der Waals surface area contributed by atoms with Gasteiger partial charge in [-0.3, -0.25) is 9.69 Å². The van der Waals surface area contributed by atoms with Gasteiger partial charge in [0.15, 0.2) is 0 Å². The van der Waals surface area contributed by atoms with Gasteiger partial charge in [-0.1, -0.05) is 24.6 Å². The Labute approximate surface area is 181 Å². The summed E-state index contributed by atoms with van der Waals surface area (Å²) in [4.78, 5) is 22.9. The van der Waals surface area contributed by atoms with E-state index in [2.05, 4.69) is 16.8 Å². The summed E-state index contributed by atoms with van der Waals surface area (Å²) in [6.45, 7) is 7.50. The van der Waals surface area contributed by atoms with Gasteiger partial charge in [0.25, 0.3) is 0 Å². The molecule has 0 radical (unpaired) electrons. The molecule has 0 unspecified atom stereocenters. The fourth-order valence-corrected chi connectivity index (χ4v) is 4.45. The Bertz CT molecular complexity index is 964. The minimum atomic E-state index is -0.420. The average Bonchev–Trinajstić information content (AvgIpc) is 2.67. The molecule has 3 heterocycles. The Hall–Kier alpha value is -2.38. The van der Waals surface area contributed by atoms with Crippen LogP contribution in [0.2, 0.25) is 5.02 Å². The highest BCUT2D eigenvalue weighted by molar-refractivity contribution is 6.30. The van der Waals surface area contributed by atoms with E-state index in [1.807, 2.05) is 24.1 Å². The molecule has 2 aliphatic rings. The van der Waals surface area contributed by atoms with Gasteiger partial charge in [0.2, 0.25) is 11.9 Å². The van der Waals surface area contributed by atoms with Gasteiger partial charge in [-0.15, -0.1) is 0 Å². The molecule has 0 saturated carbocycles. The smallest absolute Gasteiger partial charge is 0.241 e. The van der Waals surface area contributed by atoms with Crippen LogP contribution in [0.5, 0.6) is 5.75 Å². The van der Waals surface area contributed by atoms with E-state index in [1.165, 1.54) is 0 Å². The second kappa shape index (κ2) is 8.04. The predicted octanol–water partition coefficient (Wildman–Crippen LogP) is 3.37. The highest BCUT2D eigenvalue weighted by Gasteiger charge is 2.40. The molecule has 4 rings (SSSR count). The lowest BCUT2D eigenvalue weighted by atomic mass is 9.81. The second-order valence-corrected chi connectivity index (χ2v) is 9.06. The number of nitrogens with zero attached hydrogens (tertiary/aromatic N) is 4. The first-order valence-corrected chi connectivity index (χ1v) is 10.4. The number of hydrogen-bond donors (Lipinski definition) is 0. The number of ether oxygens (including phenoxy) is 1. The van der Waals surface area contributed by atoms with E-state index in [0.717, 1.165) is 25.3 Å². The zero-order valence-electron chi connectivity index (χ0n) is 17.5. The number of carbonyl (C=O) groups is 1. The molecule has 1 saturated heterocycles. The van der Waals surface area contributed by atoms with Crippen LogP contribution >= 0.6 is 11.6 Å². The molecule has 0 N–H and O–H groups in total. The Morgan fingerprint density at radius 1 is 1.33 bits per heavy atom. The van der Waals surface area contributed by atoms with E-state index in [-0.39, 0.29) is 11.3 Å². The van der Waals surface area contributed by atoms with Crippen LogP contribution in [-0.2, 0) is 4.79 Å². The molecule has 0 spiro atoms. The predicted molar refractivity (Wildman–Crippen MR) is 116 cm³/mol. The van der Waals surface area contributed by atoms with Crippen LogP contribution in [0.4, 0.5) is 15.9 Å². The number of amides is 1. The van der Waals surface area contributed by atoms with E-state index >= 15 is 0 Å². The lowest BCUT2D eigenvalue weighted by Gasteiger charge is -2.50. The van der Waals surface area contributed by atoms with Crippen molar-refractivity contribution in [3.05, 3.63) is 46.9 Å². The highest BCUT2D eigenvalue weighted by atomic mass is 35.5. The number of anilines is 2. The zero-order valence-corrected chi connectivity index (χ0v) is 18.2. The van der Waals surface area contributed by atoms with Gasteiger partial charge in [0.05, 0.1) is 18.8 Å². The van der Waals surface area contributed by atoms with Crippen LogP contribution in [0.1, 0.15) is 12.5 Å². The zero-order chi connectivity index (χ0) is 21.5. The fraction of sp³-hybridized carbons (Fsp3) is 0.455. The van der Waals surface area contributed by atoms with E-state index < -0.39 is 5.95 Å². The topological polar surface area (TPSA) is 48.9 Å². The minimum Gasteiger partial charge on any atom is -0.489 e. The van der Waals surface area contributed by atoms with Crippen molar-refractivity contribution in [2.75, 3.05) is 56.2 Å². The van der Waals surface area contributed by atoms with Gasteiger partial charge in [-0.05, 0) is 32.2 Å². The number of rotatable bonds is 5. The molecule has 1 aromatic heterocycles. The van der Waals surface area contributed by atoms with Crippen molar-refractivity contribution in [1.82, 2.24) is 9.88 Å². The number of halogens is 2. The van der Waals surface area contributed by atoms with Crippen LogP contribution in [0.3, 0.4) is 0 Å². The number of aromatic nitrogens is 1. The first kappa shape index (κ1) is 20.9. The van der Waals surface area contributed by atoms with Crippen molar-refractivity contribution in [3.63, 3.8) is 0 Å². The maximum Gasteiger partial charge on any atom is 0.241 e. The number of hydrogen-bond acceptors (Lipinski definition) is 5. The number of fused-ring (bicyclic) bond motifs is 1. The number of benzene rings is 1. The maximum atomic E-state index is 13.7. The fourth-order valence-electron chi connectivity index (χ4n) is 4.28. The first-order valence-electron chi connectivity index (χ1n) is 10.0. The summed E-state index contributed by atoms with van der Waals surface area (Å²) in [5.41, 5.74) is 1.33. The molecular formula is C22H26ClFN4O2. The third kappa shape index (κ3) is 4.23. The van der Waals surface area contributed by atoms with E-state index in [9.17, 15) is 9.18 Å². The third-order valence-corrected chi connectivity index (χ3v) is 5.87. The standard InChI is InChI=1S/C22H26ClFN4O2/c1-15-4-7-19(25-21(15)24)27-13-22(2,14-27)12-26(3)11-20(29)28-8-9-30-18-10-16(23)5-6-17(18)28/h4-7,10H,8-9,11-14H2,1-3H3. The Morgan fingerprint density at radius 2 is 2.10 bits per heavy atom. The summed E-state index contributed by atoms with van der Waals surface area (Å²) >= 11 is 6.03. The summed E-state index contributed by atoms with van der Waals surface area (Å²) in [5, 5.41) is 0.588. The monoisotopic (exact) mass is 432 g/mol. The summed E-state index contributed by atoms with van der Waals surface area (Å²) in [6.07, 6.45) is 0. The van der Waals surface area contributed by atoms with Gasteiger partial charge < -0.3 is 14.5 Å². The number of aryl methyl sites for hydroxylation is 1. The quantitative estimate of drug-likeness (QED) is 0.678. The van der Waals surface area contributed by atoms with Crippen molar-refractivity contribution >= 4 is 29.0 Å². The maximum absolute atomic E-state index is 13.7. The Morgan fingerprint density at radius 3 is 2.83 bits per heavy atom. The van der Waals surface area contributed by atoms with E-state index in [0.29, 0.717) is 41.8 Å². The largest absolute Gasteiger partial charge is 0.489 e. The third-order valence-electron chi connectivity index (χ3n) is 5.63. The normalized spacial score (nSPS) is 17.4. The molecule has 0 aliphatic carbocycles. The van der Waals surface area contributed by atoms with Gasteiger partial charge in [-0.2, -0.15) is 4.39 Å². The SMILES string of the molecule is Cc1ccc(N2CC(C)(CN(C)CC(=O)N3CCOc4cc(Cl)ccc43)C2)nc1F. The summed E-state index contributed by atoms with van der Waals surface area (Å²) in [6, 6.07) is 8.95. The molecule has 2 aromatic rings. The second-order valence-electron chi connectivity index (χ2n) is 8.62. The van der Waals surface area contributed by atoms with Crippen molar-refractivity contribution in [3.8, 4) is 5.75 Å². The average molecular weight is 433 g/mol. The van der Waals surface area contributed by atoms with Crippen molar-refractivity contribution in [1.29, 1.82) is 0 Å². The van der Waals surface area contributed by atoms with E-state index in [1.54, 1.807) is 30.0 Å². The lowest BCUT2D eigenvalue weighted by molar-refractivity contribution is -0.120. The van der Waals surface area contributed by atoms with Crippen LogP contribution in [0, 0.1) is 18.3 Å². The minimum absolute atomic E-state index is 0.0223. The van der Waals surface area contributed by atoms with Crippen molar-refractivity contribution in [2.24, 2.45) is 5.41 Å². The summed E-state index contributed by atoms with van der Waals surface area (Å²) in [5.74, 6) is 0.921. The molecular weight excluding hydrogens is 407 g/mol. The molecule has 6 nitrogen and oxygen atoms in total. The lowest BCUT2D eigenvalue weighted by Crippen LogP contribution is -2.60. The number of pyridine rings is 1. The van der Waals surface area contributed by atoms with Gasteiger partial charge in [0.1, 0.15) is 18.2 Å². The van der Waals surface area contributed by atoms with Crippen molar-refractivity contribution in [2.45, 2.75) is 13.8 Å². The van der Waals surface area contributed by atoms with Gasteiger partial charge >= 0.3 is 0 Å². The molecule has 0 atom stereocenters. The number of carbonyl (C=O) groups excluding carboxylic acids is 1. The van der Waals surface area contributed by atoms with Gasteiger partial charge in [0, 0.05) is 41.7 Å². The van der Waals surface area contributed by atoms with Crippen LogP contribution in [0.15, 0.2) is 30.3 Å². The molecule has 2 aliphatic heterocycles.